The van der Waals surface area contributed by atoms with Gasteiger partial charge in [0, 0.05) is 29.9 Å². The van der Waals surface area contributed by atoms with Crippen molar-refractivity contribution < 1.29 is 9.59 Å². The number of carbonyl (C=O) groups excluding carboxylic acids is 2. The van der Waals surface area contributed by atoms with E-state index in [1.807, 2.05) is 43.3 Å². The molecule has 2 aromatic rings. The lowest BCUT2D eigenvalue weighted by Crippen LogP contribution is -2.16. The highest BCUT2D eigenvalue weighted by Crippen LogP contribution is 2.13. The minimum atomic E-state index is -0.0258. The van der Waals surface area contributed by atoms with Crippen molar-refractivity contribution in [1.29, 1.82) is 0 Å². The molecule has 22 heavy (non-hydrogen) atoms. The second-order valence-corrected chi connectivity index (χ2v) is 5.17. The molecular weight excluding hydrogens is 276 g/mol. The molecule has 0 aliphatic carbocycles. The molecule has 1 amide bonds. The Kier molecular flexibility index (Phi) is 5.31. The summed E-state index contributed by atoms with van der Waals surface area (Å²) in [5, 5.41) is 6.07. The van der Waals surface area contributed by atoms with Gasteiger partial charge in [0.15, 0.2) is 5.78 Å². The third kappa shape index (κ3) is 4.45. The number of Topliss-reactive ketones (excluding diaryl/α,β-unsaturated/α-hetero) is 1. The summed E-state index contributed by atoms with van der Waals surface area (Å²) in [6, 6.07) is 14.9. The Morgan fingerprint density at radius 2 is 1.68 bits per heavy atom. The van der Waals surface area contributed by atoms with Crippen molar-refractivity contribution in [3.63, 3.8) is 0 Å². The molecular formula is C18H20N2O2. The lowest BCUT2D eigenvalue weighted by atomic mass is 10.1. The highest BCUT2D eigenvalue weighted by atomic mass is 16.1. The maximum Gasteiger partial charge on any atom is 0.226 e. The standard InChI is InChI=1S/C18H20N2O2/c1-13-5-3-4-6-17(13)20-18(22)11-12-19-16-9-7-15(8-10-16)14(2)21/h3-10,19H,11-12H2,1-2H3,(H,20,22). The van der Waals surface area contributed by atoms with Crippen molar-refractivity contribution in [2.75, 3.05) is 17.2 Å². The average molecular weight is 296 g/mol. The molecule has 0 bridgehead atoms. The number of rotatable bonds is 6. The van der Waals surface area contributed by atoms with Crippen LogP contribution in [0.2, 0.25) is 0 Å². The Bertz CT molecular complexity index is 663. The molecule has 0 saturated heterocycles. The van der Waals surface area contributed by atoms with Crippen LogP contribution >= 0.6 is 0 Å². The SMILES string of the molecule is CC(=O)c1ccc(NCCC(=O)Nc2ccccc2C)cc1. The van der Waals surface area contributed by atoms with Crippen LogP contribution < -0.4 is 10.6 Å². The Labute approximate surface area is 130 Å². The van der Waals surface area contributed by atoms with Crippen LogP contribution in [0.25, 0.3) is 0 Å². The van der Waals surface area contributed by atoms with E-state index in [0.717, 1.165) is 16.9 Å². The minimum Gasteiger partial charge on any atom is -0.385 e. The third-order valence-electron chi connectivity index (χ3n) is 3.39. The van der Waals surface area contributed by atoms with Gasteiger partial charge in [-0.05, 0) is 49.7 Å². The summed E-state index contributed by atoms with van der Waals surface area (Å²) in [6.07, 6.45) is 0.378. The van der Waals surface area contributed by atoms with E-state index in [0.29, 0.717) is 18.5 Å². The summed E-state index contributed by atoms with van der Waals surface area (Å²) in [4.78, 5) is 23.1. The van der Waals surface area contributed by atoms with Crippen LogP contribution in [0.1, 0.15) is 29.3 Å². The fourth-order valence-electron chi connectivity index (χ4n) is 2.07. The number of hydrogen-bond donors (Lipinski definition) is 2. The van der Waals surface area contributed by atoms with Crippen molar-refractivity contribution >= 4 is 23.1 Å². The number of amides is 1. The monoisotopic (exact) mass is 296 g/mol. The predicted molar refractivity (Wildman–Crippen MR) is 89.4 cm³/mol. The van der Waals surface area contributed by atoms with Gasteiger partial charge in [-0.15, -0.1) is 0 Å². The highest BCUT2D eigenvalue weighted by Gasteiger charge is 2.04. The zero-order valence-corrected chi connectivity index (χ0v) is 12.8. The topological polar surface area (TPSA) is 58.2 Å². The van der Waals surface area contributed by atoms with Crippen LogP contribution in [0.5, 0.6) is 0 Å². The first-order chi connectivity index (χ1) is 10.6. The van der Waals surface area contributed by atoms with Gasteiger partial charge in [0.25, 0.3) is 0 Å². The molecule has 0 atom stereocenters. The molecule has 2 aromatic carbocycles. The molecule has 4 nitrogen and oxygen atoms in total. The largest absolute Gasteiger partial charge is 0.385 e. The third-order valence-corrected chi connectivity index (χ3v) is 3.39. The summed E-state index contributed by atoms with van der Waals surface area (Å²) in [5.74, 6) is 0.0197. The van der Waals surface area contributed by atoms with E-state index in [9.17, 15) is 9.59 Å². The van der Waals surface area contributed by atoms with Crippen molar-refractivity contribution in [3.05, 3.63) is 59.7 Å². The molecule has 0 saturated carbocycles. The molecule has 0 heterocycles. The van der Waals surface area contributed by atoms with Gasteiger partial charge < -0.3 is 10.6 Å². The second-order valence-electron chi connectivity index (χ2n) is 5.17. The van der Waals surface area contributed by atoms with Crippen molar-refractivity contribution in [3.8, 4) is 0 Å². The van der Waals surface area contributed by atoms with Crippen molar-refractivity contribution in [1.82, 2.24) is 0 Å². The van der Waals surface area contributed by atoms with E-state index >= 15 is 0 Å². The summed E-state index contributed by atoms with van der Waals surface area (Å²) in [5.41, 5.74) is 3.47. The second kappa shape index (κ2) is 7.41. The van der Waals surface area contributed by atoms with Crippen molar-refractivity contribution in [2.45, 2.75) is 20.3 Å². The quantitative estimate of drug-likeness (QED) is 0.800. The Hall–Kier alpha value is -2.62. The number of para-hydroxylation sites is 1. The van der Waals surface area contributed by atoms with Gasteiger partial charge >= 0.3 is 0 Å². The highest BCUT2D eigenvalue weighted by molar-refractivity contribution is 5.94. The van der Waals surface area contributed by atoms with E-state index in [4.69, 9.17) is 0 Å². The van der Waals surface area contributed by atoms with Crippen molar-refractivity contribution in [2.24, 2.45) is 0 Å². The molecule has 114 valence electrons. The zero-order valence-electron chi connectivity index (χ0n) is 12.8. The Morgan fingerprint density at radius 3 is 2.32 bits per heavy atom. The van der Waals surface area contributed by atoms with Gasteiger partial charge in [-0.25, -0.2) is 0 Å². The van der Waals surface area contributed by atoms with E-state index in [1.54, 1.807) is 19.1 Å². The first kappa shape index (κ1) is 15.8. The molecule has 0 aliphatic heterocycles. The smallest absolute Gasteiger partial charge is 0.226 e. The summed E-state index contributed by atoms with van der Waals surface area (Å²) < 4.78 is 0. The fourth-order valence-corrected chi connectivity index (χ4v) is 2.07. The summed E-state index contributed by atoms with van der Waals surface area (Å²) in [7, 11) is 0. The van der Waals surface area contributed by atoms with Crippen LogP contribution in [0.15, 0.2) is 48.5 Å². The summed E-state index contributed by atoms with van der Waals surface area (Å²) >= 11 is 0. The molecule has 0 fully saturated rings. The maximum absolute atomic E-state index is 11.9. The summed E-state index contributed by atoms with van der Waals surface area (Å²) in [6.45, 7) is 4.04. The van der Waals surface area contributed by atoms with E-state index in [-0.39, 0.29) is 11.7 Å². The first-order valence-electron chi connectivity index (χ1n) is 7.26. The molecule has 4 heteroatoms. The van der Waals surface area contributed by atoms with Crippen LogP contribution in [0, 0.1) is 6.92 Å². The number of aryl methyl sites for hydroxylation is 1. The normalized spacial score (nSPS) is 10.1. The average Bonchev–Trinajstić information content (AvgIpc) is 2.50. The number of benzene rings is 2. The van der Waals surface area contributed by atoms with E-state index in [2.05, 4.69) is 10.6 Å². The molecule has 0 spiro atoms. The van der Waals surface area contributed by atoms with Gasteiger partial charge in [-0.3, -0.25) is 9.59 Å². The lowest BCUT2D eigenvalue weighted by molar-refractivity contribution is -0.115. The van der Waals surface area contributed by atoms with E-state index in [1.165, 1.54) is 0 Å². The molecule has 0 radical (unpaired) electrons. The molecule has 2 N–H and O–H groups in total. The maximum atomic E-state index is 11.9. The number of carbonyl (C=O) groups is 2. The Balaban J connectivity index is 1.79. The van der Waals surface area contributed by atoms with Gasteiger partial charge in [0.2, 0.25) is 5.91 Å². The molecule has 0 unspecified atom stereocenters. The van der Waals surface area contributed by atoms with Gasteiger partial charge in [-0.2, -0.15) is 0 Å². The lowest BCUT2D eigenvalue weighted by Gasteiger charge is -2.09. The first-order valence-corrected chi connectivity index (χ1v) is 7.26. The predicted octanol–water partition coefficient (Wildman–Crippen LogP) is 3.64. The zero-order chi connectivity index (χ0) is 15.9. The van der Waals surface area contributed by atoms with Crippen LogP contribution in [-0.2, 0) is 4.79 Å². The number of nitrogens with one attached hydrogen (secondary N) is 2. The molecule has 0 aromatic heterocycles. The van der Waals surface area contributed by atoms with Gasteiger partial charge in [-0.1, -0.05) is 18.2 Å². The van der Waals surface area contributed by atoms with Crippen LogP contribution in [0.3, 0.4) is 0 Å². The minimum absolute atomic E-state index is 0.0258. The van der Waals surface area contributed by atoms with Gasteiger partial charge in [0.1, 0.15) is 0 Å². The van der Waals surface area contributed by atoms with E-state index < -0.39 is 0 Å². The fraction of sp³-hybridized carbons (Fsp3) is 0.222. The van der Waals surface area contributed by atoms with Gasteiger partial charge in [0.05, 0.1) is 0 Å². The number of hydrogen-bond acceptors (Lipinski definition) is 3. The van der Waals surface area contributed by atoms with Crippen LogP contribution in [-0.4, -0.2) is 18.2 Å². The molecule has 0 aliphatic rings. The Morgan fingerprint density at radius 1 is 1.00 bits per heavy atom. The van der Waals surface area contributed by atoms with Crippen LogP contribution in [0.4, 0.5) is 11.4 Å². The number of ketones is 1. The number of anilines is 2. The molecule has 2 rings (SSSR count).